The van der Waals surface area contributed by atoms with Gasteiger partial charge in [0.05, 0.1) is 12.5 Å². The van der Waals surface area contributed by atoms with Crippen molar-refractivity contribution in [2.24, 2.45) is 0 Å². The molecule has 7 nitrogen and oxygen atoms in total. The van der Waals surface area contributed by atoms with Gasteiger partial charge in [0.25, 0.3) is 0 Å². The van der Waals surface area contributed by atoms with Gasteiger partial charge in [-0.3, -0.25) is 19.8 Å². The van der Waals surface area contributed by atoms with Crippen LogP contribution in [0, 0.1) is 6.92 Å². The second kappa shape index (κ2) is 7.70. The fraction of sp³-hybridized carbons (Fsp3) is 0.421. The quantitative estimate of drug-likeness (QED) is 0.857. The minimum Gasteiger partial charge on any atom is -0.353 e. The number of hydrogen-bond donors (Lipinski definition) is 2. The minimum absolute atomic E-state index is 0.0742. The molecule has 138 valence electrons. The molecule has 1 atom stereocenters. The Morgan fingerprint density at radius 1 is 1.38 bits per heavy atom. The van der Waals surface area contributed by atoms with Gasteiger partial charge in [-0.1, -0.05) is 35.5 Å². The number of aromatic nitrogens is 1. The summed E-state index contributed by atoms with van der Waals surface area (Å²) in [5.74, 6) is -0.0582. The number of anilines is 1. The van der Waals surface area contributed by atoms with Crippen LogP contribution in [0.5, 0.6) is 0 Å². The molecule has 7 heteroatoms. The maximum absolute atomic E-state index is 12.5. The number of piperazine rings is 1. The van der Waals surface area contributed by atoms with Crippen molar-refractivity contribution in [2.75, 3.05) is 18.4 Å². The summed E-state index contributed by atoms with van der Waals surface area (Å²) in [7, 11) is 0. The van der Waals surface area contributed by atoms with Crippen LogP contribution >= 0.6 is 0 Å². The van der Waals surface area contributed by atoms with Gasteiger partial charge in [-0.2, -0.15) is 0 Å². The molecular weight excluding hydrogens is 332 g/mol. The highest BCUT2D eigenvalue weighted by Gasteiger charge is 2.33. The summed E-state index contributed by atoms with van der Waals surface area (Å²) >= 11 is 0. The molecule has 26 heavy (non-hydrogen) atoms. The van der Waals surface area contributed by atoms with Crippen LogP contribution in [0.1, 0.15) is 25.8 Å². The van der Waals surface area contributed by atoms with Crippen molar-refractivity contribution in [3.8, 4) is 11.3 Å². The molecule has 0 aliphatic carbocycles. The van der Waals surface area contributed by atoms with Gasteiger partial charge in [0.15, 0.2) is 0 Å². The third-order valence-corrected chi connectivity index (χ3v) is 4.64. The first-order valence-corrected chi connectivity index (χ1v) is 8.82. The van der Waals surface area contributed by atoms with Gasteiger partial charge in [0.2, 0.25) is 17.7 Å². The molecule has 0 saturated carbocycles. The molecule has 3 rings (SSSR count). The molecule has 0 radical (unpaired) electrons. The topological polar surface area (TPSA) is 87.5 Å². The summed E-state index contributed by atoms with van der Waals surface area (Å²) < 4.78 is 5.31. The van der Waals surface area contributed by atoms with E-state index < -0.39 is 6.04 Å². The fourth-order valence-corrected chi connectivity index (χ4v) is 3.23. The fourth-order valence-electron chi connectivity index (χ4n) is 3.23. The molecule has 2 N–H and O–H groups in total. The van der Waals surface area contributed by atoms with Gasteiger partial charge in [-0.05, 0) is 20.8 Å². The van der Waals surface area contributed by atoms with Crippen LogP contribution in [-0.4, -0.2) is 47.0 Å². The molecule has 1 aromatic heterocycles. The lowest BCUT2D eigenvalue weighted by Gasteiger charge is -2.37. The number of hydrogen-bond acceptors (Lipinski definition) is 5. The first-order valence-electron chi connectivity index (χ1n) is 8.82. The number of rotatable bonds is 5. The van der Waals surface area contributed by atoms with Crippen LogP contribution in [0.2, 0.25) is 0 Å². The molecule has 2 amide bonds. The largest absolute Gasteiger partial charge is 0.353 e. The summed E-state index contributed by atoms with van der Waals surface area (Å²) in [6, 6.07) is 9.36. The van der Waals surface area contributed by atoms with E-state index in [4.69, 9.17) is 4.52 Å². The van der Waals surface area contributed by atoms with Gasteiger partial charge in [0.1, 0.15) is 5.69 Å². The summed E-state index contributed by atoms with van der Waals surface area (Å²) in [5.41, 5.74) is 2.38. The molecule has 2 heterocycles. The number of nitrogens with zero attached hydrogens (tertiary/aromatic N) is 2. The van der Waals surface area contributed by atoms with Gasteiger partial charge in [-0.15, -0.1) is 0 Å². The van der Waals surface area contributed by atoms with Gasteiger partial charge in [-0.25, -0.2) is 0 Å². The van der Waals surface area contributed by atoms with Gasteiger partial charge in [0, 0.05) is 30.3 Å². The number of nitrogens with one attached hydrogen (secondary N) is 2. The van der Waals surface area contributed by atoms with Crippen molar-refractivity contribution < 1.29 is 14.1 Å². The van der Waals surface area contributed by atoms with Crippen LogP contribution in [0.15, 0.2) is 34.9 Å². The van der Waals surface area contributed by atoms with E-state index in [1.165, 1.54) is 0 Å². The SMILES string of the molecule is Cc1c(-c2ccccc2)noc1NC(=O)CC1C(=O)NCCN1C(C)C. The Morgan fingerprint density at radius 2 is 2.12 bits per heavy atom. The molecule has 0 bridgehead atoms. The van der Waals surface area contributed by atoms with Crippen molar-refractivity contribution in [2.45, 2.75) is 39.3 Å². The number of benzene rings is 1. The smallest absolute Gasteiger partial charge is 0.237 e. The van der Waals surface area contributed by atoms with Crippen molar-refractivity contribution in [1.82, 2.24) is 15.4 Å². The van der Waals surface area contributed by atoms with E-state index in [2.05, 4.69) is 15.8 Å². The van der Waals surface area contributed by atoms with Crippen molar-refractivity contribution >= 4 is 17.7 Å². The van der Waals surface area contributed by atoms with E-state index in [1.807, 2.05) is 56.0 Å². The average molecular weight is 356 g/mol. The van der Waals surface area contributed by atoms with E-state index in [0.29, 0.717) is 18.1 Å². The van der Waals surface area contributed by atoms with E-state index in [-0.39, 0.29) is 24.3 Å². The summed E-state index contributed by atoms with van der Waals surface area (Å²) in [6.07, 6.45) is 0.0742. The summed E-state index contributed by atoms with van der Waals surface area (Å²) in [6.45, 7) is 7.24. The number of amides is 2. The third-order valence-electron chi connectivity index (χ3n) is 4.64. The average Bonchev–Trinajstić information content (AvgIpc) is 2.98. The molecule has 0 spiro atoms. The second-order valence-corrected chi connectivity index (χ2v) is 6.74. The van der Waals surface area contributed by atoms with Crippen LogP contribution in [0.3, 0.4) is 0 Å². The Morgan fingerprint density at radius 3 is 2.81 bits per heavy atom. The predicted octanol–water partition coefficient (Wildman–Crippen LogP) is 2.19. The maximum atomic E-state index is 12.5. The molecule has 1 aliphatic rings. The lowest BCUT2D eigenvalue weighted by Crippen LogP contribution is -2.58. The van der Waals surface area contributed by atoms with Crippen LogP contribution in [0.25, 0.3) is 11.3 Å². The number of carbonyl (C=O) groups excluding carboxylic acids is 2. The van der Waals surface area contributed by atoms with E-state index in [1.54, 1.807) is 0 Å². The molecule has 1 aromatic carbocycles. The van der Waals surface area contributed by atoms with Crippen molar-refractivity contribution in [3.05, 3.63) is 35.9 Å². The highest BCUT2D eigenvalue weighted by atomic mass is 16.5. The highest BCUT2D eigenvalue weighted by molar-refractivity contribution is 5.95. The van der Waals surface area contributed by atoms with E-state index >= 15 is 0 Å². The van der Waals surface area contributed by atoms with Crippen molar-refractivity contribution in [3.63, 3.8) is 0 Å². The van der Waals surface area contributed by atoms with Crippen molar-refractivity contribution in [1.29, 1.82) is 0 Å². The highest BCUT2D eigenvalue weighted by Crippen LogP contribution is 2.28. The second-order valence-electron chi connectivity index (χ2n) is 6.74. The Kier molecular flexibility index (Phi) is 5.37. The third kappa shape index (κ3) is 3.77. The first-order chi connectivity index (χ1) is 12.5. The predicted molar refractivity (Wildman–Crippen MR) is 98.6 cm³/mol. The van der Waals surface area contributed by atoms with E-state index in [9.17, 15) is 9.59 Å². The summed E-state index contributed by atoms with van der Waals surface area (Å²) in [4.78, 5) is 26.7. The molecule has 2 aromatic rings. The number of carbonyl (C=O) groups is 2. The lowest BCUT2D eigenvalue weighted by molar-refractivity contribution is -0.133. The zero-order chi connectivity index (χ0) is 18.7. The zero-order valence-electron chi connectivity index (χ0n) is 15.3. The van der Waals surface area contributed by atoms with Crippen LogP contribution in [0.4, 0.5) is 5.88 Å². The molecular formula is C19H24N4O3. The molecule has 1 unspecified atom stereocenters. The molecule has 1 fully saturated rings. The van der Waals surface area contributed by atoms with Crippen LogP contribution in [-0.2, 0) is 9.59 Å². The Labute approximate surface area is 152 Å². The maximum Gasteiger partial charge on any atom is 0.237 e. The van der Waals surface area contributed by atoms with Gasteiger partial charge >= 0.3 is 0 Å². The normalized spacial score (nSPS) is 18.0. The Hall–Kier alpha value is -2.67. The Balaban J connectivity index is 1.70. The van der Waals surface area contributed by atoms with E-state index in [0.717, 1.165) is 17.7 Å². The molecule has 1 saturated heterocycles. The summed E-state index contributed by atoms with van der Waals surface area (Å²) in [5, 5.41) is 9.64. The minimum atomic E-state index is -0.472. The first kappa shape index (κ1) is 18.1. The van der Waals surface area contributed by atoms with Gasteiger partial charge < -0.3 is 9.84 Å². The standard InChI is InChI=1S/C19H24N4O3/c1-12(2)23-10-9-20-18(25)15(23)11-16(24)21-19-13(3)17(22-26-19)14-7-5-4-6-8-14/h4-8,12,15H,9-11H2,1-3H3,(H,20,25)(H,21,24). The monoisotopic (exact) mass is 356 g/mol. The molecule has 1 aliphatic heterocycles. The zero-order valence-corrected chi connectivity index (χ0v) is 15.3. The lowest BCUT2D eigenvalue weighted by atomic mass is 10.1. The Bertz CT molecular complexity index is 785. The van der Waals surface area contributed by atoms with Crippen LogP contribution < -0.4 is 10.6 Å².